The van der Waals surface area contributed by atoms with Crippen LogP contribution in [0.15, 0.2) is 29.3 Å². The average molecular weight is 161 g/mol. The Morgan fingerprint density at radius 2 is 2.00 bits per heavy atom. The van der Waals surface area contributed by atoms with Crippen molar-refractivity contribution in [3.05, 3.63) is 35.4 Å². The number of benzene rings is 1. The predicted molar refractivity (Wildman–Crippen MR) is 53.9 cm³/mol. The highest BCUT2D eigenvalue weighted by Crippen LogP contribution is 2.10. The van der Waals surface area contributed by atoms with Gasteiger partial charge in [0.1, 0.15) is 0 Å². The molecule has 64 valence electrons. The third kappa shape index (κ3) is 1.73. The zero-order valence-electron chi connectivity index (χ0n) is 7.96. The summed E-state index contributed by atoms with van der Waals surface area (Å²) in [4.78, 5) is 4.25. The first-order valence-electron chi connectivity index (χ1n) is 4.31. The lowest BCUT2D eigenvalue weighted by Gasteiger charge is -2.05. The molecular weight excluding hydrogens is 146 g/mol. The molecule has 1 nitrogen and oxygen atoms in total. The van der Waals surface area contributed by atoms with E-state index in [9.17, 15) is 0 Å². The highest BCUT2D eigenvalue weighted by Gasteiger charge is 2.01. The molecule has 0 aromatic heterocycles. The summed E-state index contributed by atoms with van der Waals surface area (Å²) >= 11 is 0. The van der Waals surface area contributed by atoms with Crippen molar-refractivity contribution in [2.75, 3.05) is 7.05 Å². The zero-order valence-corrected chi connectivity index (χ0v) is 7.96. The van der Waals surface area contributed by atoms with Crippen molar-refractivity contribution in [1.29, 1.82) is 0 Å². The van der Waals surface area contributed by atoms with Gasteiger partial charge >= 0.3 is 0 Å². The largest absolute Gasteiger partial charge is 0.292 e. The van der Waals surface area contributed by atoms with Gasteiger partial charge in [0.05, 0.1) is 0 Å². The van der Waals surface area contributed by atoms with Crippen LogP contribution in [0, 0.1) is 6.92 Å². The molecule has 1 aromatic rings. The lowest BCUT2D eigenvalue weighted by Crippen LogP contribution is -2.00. The molecule has 0 radical (unpaired) electrons. The molecule has 0 unspecified atom stereocenters. The first-order valence-corrected chi connectivity index (χ1v) is 4.31. The van der Waals surface area contributed by atoms with Crippen LogP contribution < -0.4 is 0 Å². The van der Waals surface area contributed by atoms with Crippen molar-refractivity contribution in [1.82, 2.24) is 0 Å². The van der Waals surface area contributed by atoms with Crippen LogP contribution in [-0.2, 0) is 0 Å². The van der Waals surface area contributed by atoms with Gasteiger partial charge in [-0.25, -0.2) is 0 Å². The Morgan fingerprint density at radius 3 is 2.50 bits per heavy atom. The van der Waals surface area contributed by atoms with Crippen LogP contribution >= 0.6 is 0 Å². The molecule has 0 bridgehead atoms. The minimum atomic E-state index is 1.00. The van der Waals surface area contributed by atoms with Gasteiger partial charge < -0.3 is 0 Å². The Balaban J connectivity index is 3.10. The number of rotatable bonds is 2. The second-order valence-electron chi connectivity index (χ2n) is 2.84. The van der Waals surface area contributed by atoms with E-state index < -0.39 is 0 Å². The average Bonchev–Trinajstić information content (AvgIpc) is 2.10. The fourth-order valence-electron chi connectivity index (χ4n) is 1.37. The number of aryl methyl sites for hydroxylation is 1. The molecule has 0 aliphatic rings. The second kappa shape index (κ2) is 4.05. The van der Waals surface area contributed by atoms with Gasteiger partial charge in [-0.3, -0.25) is 4.99 Å². The molecule has 0 aliphatic heterocycles. The van der Waals surface area contributed by atoms with Gasteiger partial charge in [-0.15, -0.1) is 0 Å². The molecule has 0 saturated carbocycles. The number of hydrogen-bond acceptors (Lipinski definition) is 1. The van der Waals surface area contributed by atoms with Crippen molar-refractivity contribution < 1.29 is 0 Å². The maximum atomic E-state index is 4.25. The van der Waals surface area contributed by atoms with Crippen molar-refractivity contribution >= 4 is 5.71 Å². The van der Waals surface area contributed by atoms with E-state index >= 15 is 0 Å². The van der Waals surface area contributed by atoms with E-state index in [2.05, 4.69) is 43.1 Å². The summed E-state index contributed by atoms with van der Waals surface area (Å²) in [6.07, 6.45) is 1.00. The summed E-state index contributed by atoms with van der Waals surface area (Å²) in [5.41, 5.74) is 3.77. The smallest absolute Gasteiger partial charge is 0.0417 e. The van der Waals surface area contributed by atoms with Gasteiger partial charge in [0.15, 0.2) is 0 Å². The van der Waals surface area contributed by atoms with Crippen LogP contribution in [0.5, 0.6) is 0 Å². The molecule has 0 heterocycles. The van der Waals surface area contributed by atoms with Gasteiger partial charge in [-0.1, -0.05) is 31.2 Å². The molecule has 12 heavy (non-hydrogen) atoms. The Bertz CT molecular complexity index is 287. The van der Waals surface area contributed by atoms with Gasteiger partial charge in [0.2, 0.25) is 0 Å². The van der Waals surface area contributed by atoms with Crippen LogP contribution in [0.1, 0.15) is 24.5 Å². The number of aliphatic imine (C=N–C) groups is 1. The molecule has 0 saturated heterocycles. The second-order valence-corrected chi connectivity index (χ2v) is 2.84. The van der Waals surface area contributed by atoms with Crippen molar-refractivity contribution in [2.45, 2.75) is 20.3 Å². The normalized spacial score (nSPS) is 11.8. The maximum Gasteiger partial charge on any atom is 0.0417 e. The lowest BCUT2D eigenvalue weighted by atomic mass is 10.0. The van der Waals surface area contributed by atoms with E-state index in [1.807, 2.05) is 7.05 Å². The minimum Gasteiger partial charge on any atom is -0.292 e. The van der Waals surface area contributed by atoms with E-state index in [4.69, 9.17) is 0 Å². The van der Waals surface area contributed by atoms with E-state index in [0.717, 1.165) is 6.42 Å². The van der Waals surface area contributed by atoms with E-state index in [1.165, 1.54) is 16.8 Å². The van der Waals surface area contributed by atoms with E-state index in [-0.39, 0.29) is 0 Å². The molecular formula is C11H15N. The van der Waals surface area contributed by atoms with Gasteiger partial charge in [0, 0.05) is 12.8 Å². The van der Waals surface area contributed by atoms with Gasteiger partial charge in [-0.2, -0.15) is 0 Å². The SMILES string of the molecule is CCC(=NC)c1ccccc1C. The van der Waals surface area contributed by atoms with E-state index in [0.29, 0.717) is 0 Å². The third-order valence-corrected chi connectivity index (χ3v) is 2.06. The molecule has 0 N–H and O–H groups in total. The Morgan fingerprint density at radius 1 is 1.33 bits per heavy atom. The topological polar surface area (TPSA) is 12.4 Å². The predicted octanol–water partition coefficient (Wildman–Crippen LogP) is 2.82. The summed E-state index contributed by atoms with van der Waals surface area (Å²) in [5, 5.41) is 0. The van der Waals surface area contributed by atoms with Crippen LogP contribution in [0.25, 0.3) is 0 Å². The minimum absolute atomic E-state index is 1.00. The number of nitrogens with zero attached hydrogens (tertiary/aromatic N) is 1. The molecule has 0 fully saturated rings. The van der Waals surface area contributed by atoms with Crippen molar-refractivity contribution in [3.63, 3.8) is 0 Å². The van der Waals surface area contributed by atoms with Gasteiger partial charge in [0.25, 0.3) is 0 Å². The Hall–Kier alpha value is -1.11. The summed E-state index contributed by atoms with van der Waals surface area (Å²) in [5.74, 6) is 0. The van der Waals surface area contributed by atoms with E-state index in [1.54, 1.807) is 0 Å². The summed E-state index contributed by atoms with van der Waals surface area (Å²) < 4.78 is 0. The fourth-order valence-corrected chi connectivity index (χ4v) is 1.37. The zero-order chi connectivity index (χ0) is 8.97. The molecule has 1 heteroatoms. The maximum absolute atomic E-state index is 4.25. The van der Waals surface area contributed by atoms with Gasteiger partial charge in [-0.05, 0) is 24.5 Å². The first kappa shape index (κ1) is 8.98. The summed E-state index contributed by atoms with van der Waals surface area (Å²) in [7, 11) is 1.85. The monoisotopic (exact) mass is 161 g/mol. The lowest BCUT2D eigenvalue weighted by molar-refractivity contribution is 1.23. The highest BCUT2D eigenvalue weighted by molar-refractivity contribution is 6.01. The Kier molecular flexibility index (Phi) is 3.03. The highest BCUT2D eigenvalue weighted by atomic mass is 14.7. The molecule has 0 aliphatic carbocycles. The molecule has 0 atom stereocenters. The van der Waals surface area contributed by atoms with Crippen molar-refractivity contribution in [2.24, 2.45) is 4.99 Å². The summed E-state index contributed by atoms with van der Waals surface area (Å²) in [6.45, 7) is 4.25. The third-order valence-electron chi connectivity index (χ3n) is 2.06. The van der Waals surface area contributed by atoms with Crippen molar-refractivity contribution in [3.8, 4) is 0 Å². The standard InChI is InChI=1S/C11H15N/c1-4-11(12-3)10-8-6-5-7-9(10)2/h5-8H,4H2,1-3H3. The Labute approximate surface area is 74.2 Å². The molecule has 0 spiro atoms. The molecule has 1 rings (SSSR count). The number of hydrogen-bond donors (Lipinski definition) is 0. The quantitative estimate of drug-likeness (QED) is 0.591. The van der Waals surface area contributed by atoms with Crippen LogP contribution in [0.4, 0.5) is 0 Å². The first-order chi connectivity index (χ1) is 5.79. The summed E-state index contributed by atoms with van der Waals surface area (Å²) in [6, 6.07) is 8.36. The van der Waals surface area contributed by atoms with Crippen LogP contribution in [-0.4, -0.2) is 12.8 Å². The molecule has 0 amide bonds. The van der Waals surface area contributed by atoms with Crippen LogP contribution in [0.2, 0.25) is 0 Å². The fraction of sp³-hybridized carbons (Fsp3) is 0.364. The van der Waals surface area contributed by atoms with Crippen LogP contribution in [0.3, 0.4) is 0 Å². The molecule has 1 aromatic carbocycles.